The van der Waals surface area contributed by atoms with Gasteiger partial charge in [-0.1, -0.05) is 25.0 Å². The highest BCUT2D eigenvalue weighted by atomic mass is 19.1. The molecule has 0 amide bonds. The van der Waals surface area contributed by atoms with Crippen LogP contribution in [0.3, 0.4) is 0 Å². The van der Waals surface area contributed by atoms with Gasteiger partial charge in [-0.05, 0) is 24.5 Å². The van der Waals surface area contributed by atoms with Crippen LogP contribution in [-0.4, -0.2) is 13.2 Å². The number of hydrogen-bond acceptors (Lipinski definition) is 3. The number of methoxy groups -OCH3 is 1. The zero-order chi connectivity index (χ0) is 13.0. The third-order valence-corrected chi connectivity index (χ3v) is 3.58. The van der Waals surface area contributed by atoms with E-state index in [1.54, 1.807) is 12.1 Å². The molecular formula is C14H16FNO2. The molecule has 0 unspecified atom stereocenters. The minimum absolute atomic E-state index is 0.246. The molecule has 0 saturated heterocycles. The van der Waals surface area contributed by atoms with Gasteiger partial charge in [-0.2, -0.15) is 4.99 Å². The molecule has 1 aliphatic rings. The molecule has 4 heteroatoms. The fraction of sp³-hybridized carbons (Fsp3) is 0.500. The Morgan fingerprint density at radius 2 is 2.17 bits per heavy atom. The first-order valence-electron chi connectivity index (χ1n) is 6.09. The van der Waals surface area contributed by atoms with Gasteiger partial charge < -0.3 is 4.74 Å². The molecule has 0 bridgehead atoms. The van der Waals surface area contributed by atoms with E-state index in [9.17, 15) is 9.18 Å². The first-order valence-corrected chi connectivity index (χ1v) is 6.09. The Bertz CT molecular complexity index is 475. The van der Waals surface area contributed by atoms with Gasteiger partial charge in [0.15, 0.2) is 0 Å². The molecule has 0 radical (unpaired) electrons. The molecule has 0 aliphatic heterocycles. The van der Waals surface area contributed by atoms with E-state index in [0.29, 0.717) is 5.56 Å². The molecule has 96 valence electrons. The van der Waals surface area contributed by atoms with E-state index in [1.807, 2.05) is 6.07 Å². The topological polar surface area (TPSA) is 38.7 Å². The molecule has 0 aromatic heterocycles. The van der Waals surface area contributed by atoms with Crippen molar-refractivity contribution >= 4 is 6.08 Å². The number of nitrogens with zero attached hydrogens (tertiary/aromatic N) is 1. The van der Waals surface area contributed by atoms with Crippen LogP contribution in [0.15, 0.2) is 23.2 Å². The quantitative estimate of drug-likeness (QED) is 0.607. The lowest BCUT2D eigenvalue weighted by Crippen LogP contribution is -2.19. The highest BCUT2D eigenvalue weighted by molar-refractivity contribution is 5.39. The Labute approximate surface area is 106 Å². The summed E-state index contributed by atoms with van der Waals surface area (Å²) in [4.78, 5) is 14.5. The van der Waals surface area contributed by atoms with Gasteiger partial charge in [0.2, 0.25) is 6.08 Å². The van der Waals surface area contributed by atoms with Gasteiger partial charge in [0, 0.05) is 12.7 Å². The summed E-state index contributed by atoms with van der Waals surface area (Å²) in [5.41, 5.74) is 0.721. The second-order valence-corrected chi connectivity index (χ2v) is 4.68. The second kappa shape index (κ2) is 5.42. The van der Waals surface area contributed by atoms with Gasteiger partial charge in [-0.25, -0.2) is 9.18 Å². The van der Waals surface area contributed by atoms with Crippen molar-refractivity contribution in [1.82, 2.24) is 0 Å². The van der Waals surface area contributed by atoms with Crippen LogP contribution in [0.1, 0.15) is 36.8 Å². The molecule has 0 spiro atoms. The normalized spacial score (nSPS) is 17.4. The van der Waals surface area contributed by atoms with Gasteiger partial charge in [-0.15, -0.1) is 0 Å². The predicted octanol–water partition coefficient (Wildman–Crippen LogP) is 3.08. The smallest absolute Gasteiger partial charge is 0.235 e. The van der Waals surface area contributed by atoms with Crippen LogP contribution in [0.5, 0.6) is 0 Å². The second-order valence-electron chi connectivity index (χ2n) is 4.68. The molecule has 1 saturated carbocycles. The van der Waals surface area contributed by atoms with Crippen LogP contribution >= 0.6 is 0 Å². The van der Waals surface area contributed by atoms with Crippen molar-refractivity contribution in [3.8, 4) is 0 Å². The Morgan fingerprint density at radius 3 is 2.72 bits per heavy atom. The number of carbonyl (C=O) groups excluding carboxylic acids is 1. The van der Waals surface area contributed by atoms with Gasteiger partial charge in [0.1, 0.15) is 5.82 Å². The lowest BCUT2D eigenvalue weighted by molar-refractivity contribution is 0.181. The summed E-state index contributed by atoms with van der Waals surface area (Å²) >= 11 is 0. The molecule has 18 heavy (non-hydrogen) atoms. The summed E-state index contributed by atoms with van der Waals surface area (Å²) < 4.78 is 18.8. The number of hydrogen-bond donors (Lipinski definition) is 0. The Balaban J connectivity index is 2.37. The number of halogens is 1. The van der Waals surface area contributed by atoms with Crippen LogP contribution in [0.25, 0.3) is 0 Å². The van der Waals surface area contributed by atoms with Crippen LogP contribution in [0.4, 0.5) is 4.39 Å². The Kier molecular flexibility index (Phi) is 3.90. The number of benzene rings is 1. The maximum atomic E-state index is 13.9. The highest BCUT2D eigenvalue weighted by Gasteiger charge is 2.36. The summed E-state index contributed by atoms with van der Waals surface area (Å²) in [7, 11) is 1.53. The van der Waals surface area contributed by atoms with Crippen molar-refractivity contribution in [3.63, 3.8) is 0 Å². The minimum atomic E-state index is -0.561. The largest absolute Gasteiger partial charge is 0.380 e. The van der Waals surface area contributed by atoms with Crippen molar-refractivity contribution in [2.75, 3.05) is 7.11 Å². The van der Waals surface area contributed by atoms with Crippen molar-refractivity contribution in [2.24, 2.45) is 4.99 Å². The zero-order valence-electron chi connectivity index (χ0n) is 10.4. The number of rotatable bonds is 4. The van der Waals surface area contributed by atoms with E-state index >= 15 is 0 Å². The van der Waals surface area contributed by atoms with Crippen LogP contribution < -0.4 is 0 Å². The molecule has 1 aromatic carbocycles. The first kappa shape index (κ1) is 12.9. The number of isocyanates is 1. The van der Waals surface area contributed by atoms with Crippen molar-refractivity contribution < 1.29 is 13.9 Å². The summed E-state index contributed by atoms with van der Waals surface area (Å²) in [5, 5.41) is 0. The van der Waals surface area contributed by atoms with E-state index in [1.165, 1.54) is 13.2 Å². The van der Waals surface area contributed by atoms with Gasteiger partial charge in [0.05, 0.1) is 12.1 Å². The van der Waals surface area contributed by atoms with Crippen molar-refractivity contribution in [3.05, 3.63) is 35.1 Å². The van der Waals surface area contributed by atoms with E-state index < -0.39 is 5.54 Å². The Morgan fingerprint density at radius 1 is 1.44 bits per heavy atom. The average molecular weight is 249 g/mol. The summed E-state index contributed by atoms with van der Waals surface area (Å²) in [6.07, 6.45) is 5.22. The number of aliphatic imine (C=N–C) groups is 1. The van der Waals surface area contributed by atoms with E-state index in [0.717, 1.165) is 31.2 Å². The Hall–Kier alpha value is -1.51. The third-order valence-electron chi connectivity index (χ3n) is 3.58. The molecular weight excluding hydrogens is 233 g/mol. The average Bonchev–Trinajstić information content (AvgIpc) is 2.82. The zero-order valence-corrected chi connectivity index (χ0v) is 10.4. The van der Waals surface area contributed by atoms with E-state index in [-0.39, 0.29) is 12.4 Å². The maximum Gasteiger partial charge on any atom is 0.235 e. The predicted molar refractivity (Wildman–Crippen MR) is 65.4 cm³/mol. The molecule has 1 fully saturated rings. The highest BCUT2D eigenvalue weighted by Crippen LogP contribution is 2.42. The summed E-state index contributed by atoms with van der Waals surface area (Å²) in [6, 6.07) is 5.01. The molecule has 0 N–H and O–H groups in total. The molecule has 1 aromatic rings. The molecule has 2 rings (SSSR count). The SMILES string of the molecule is COCc1ccc(C2(N=C=O)CCCC2)cc1F. The van der Waals surface area contributed by atoms with Crippen LogP contribution in [0.2, 0.25) is 0 Å². The fourth-order valence-corrected chi connectivity index (χ4v) is 2.62. The summed E-state index contributed by atoms with van der Waals surface area (Å²) in [6.45, 7) is 0.246. The lowest BCUT2D eigenvalue weighted by atomic mass is 9.88. The monoisotopic (exact) mass is 249 g/mol. The fourth-order valence-electron chi connectivity index (χ4n) is 2.62. The van der Waals surface area contributed by atoms with Gasteiger partial charge >= 0.3 is 0 Å². The van der Waals surface area contributed by atoms with Crippen molar-refractivity contribution in [2.45, 2.75) is 37.8 Å². The molecule has 1 aliphatic carbocycles. The van der Waals surface area contributed by atoms with Gasteiger partial charge in [0.25, 0.3) is 0 Å². The molecule has 3 nitrogen and oxygen atoms in total. The minimum Gasteiger partial charge on any atom is -0.380 e. The van der Waals surface area contributed by atoms with Crippen LogP contribution in [0, 0.1) is 5.82 Å². The lowest BCUT2D eigenvalue weighted by Gasteiger charge is -2.23. The maximum absolute atomic E-state index is 13.9. The van der Waals surface area contributed by atoms with E-state index in [2.05, 4.69) is 4.99 Å². The first-order chi connectivity index (χ1) is 8.72. The molecule has 0 heterocycles. The summed E-state index contributed by atoms with van der Waals surface area (Å²) in [5.74, 6) is -0.304. The third kappa shape index (κ3) is 2.35. The number of ether oxygens (including phenoxy) is 1. The van der Waals surface area contributed by atoms with Crippen LogP contribution in [-0.2, 0) is 21.7 Å². The van der Waals surface area contributed by atoms with Gasteiger partial charge in [-0.3, -0.25) is 0 Å². The van der Waals surface area contributed by atoms with E-state index in [4.69, 9.17) is 4.74 Å². The molecule has 0 atom stereocenters. The standard InChI is InChI=1S/C14H16FNO2/c1-18-9-11-4-5-12(8-13(11)15)14(16-10-17)6-2-3-7-14/h4-5,8H,2-3,6-7,9H2,1H3. The van der Waals surface area contributed by atoms with Crippen molar-refractivity contribution in [1.29, 1.82) is 0 Å².